The third kappa shape index (κ3) is 4.69. The van der Waals surface area contributed by atoms with Gasteiger partial charge in [-0.2, -0.15) is 5.10 Å². The predicted molar refractivity (Wildman–Crippen MR) is 124 cm³/mol. The molecule has 11 heteroatoms. The summed E-state index contributed by atoms with van der Waals surface area (Å²) in [7, 11) is 1.63. The van der Waals surface area contributed by atoms with Crippen molar-refractivity contribution in [2.75, 3.05) is 12.9 Å². The van der Waals surface area contributed by atoms with Crippen LogP contribution in [0.1, 0.15) is 28.7 Å². The fourth-order valence-corrected chi connectivity index (χ4v) is 4.98. The molecule has 0 N–H and O–H groups in total. The number of rotatable bonds is 8. The molecule has 3 aromatic heterocycles. The monoisotopic (exact) mass is 480 g/mol. The zero-order chi connectivity index (χ0) is 22.6. The summed E-state index contributed by atoms with van der Waals surface area (Å²) < 4.78 is 12.5. The molecule has 0 radical (unpaired) electrons. The molecular formula is C22H20N6O3S2. The molecule has 5 rings (SSSR count). The summed E-state index contributed by atoms with van der Waals surface area (Å²) in [6.07, 6.45) is 2.23. The van der Waals surface area contributed by atoms with Gasteiger partial charge in [0.1, 0.15) is 17.6 Å². The van der Waals surface area contributed by atoms with E-state index in [-0.39, 0.29) is 17.7 Å². The smallest absolute Gasteiger partial charge is 0.253 e. The molecule has 0 fully saturated rings. The van der Waals surface area contributed by atoms with Crippen LogP contribution in [0.15, 0.2) is 74.8 Å². The largest absolute Gasteiger partial charge is 0.497 e. The maximum atomic E-state index is 13.2. The van der Waals surface area contributed by atoms with Crippen LogP contribution in [0.25, 0.3) is 0 Å². The SMILES string of the molecule is COc1ccc(Cn2nnnc2SCC(=O)N2N=C(c3cccs3)C[C@@H]2c2ccco2)cc1. The van der Waals surface area contributed by atoms with E-state index in [1.165, 1.54) is 16.8 Å². The molecular weight excluding hydrogens is 460 g/mol. The molecule has 0 spiro atoms. The molecule has 9 nitrogen and oxygen atoms in total. The van der Waals surface area contributed by atoms with Gasteiger partial charge in [-0.05, 0) is 51.7 Å². The van der Waals surface area contributed by atoms with E-state index in [1.54, 1.807) is 29.4 Å². The van der Waals surface area contributed by atoms with Crippen LogP contribution in [-0.4, -0.2) is 49.7 Å². The predicted octanol–water partition coefficient (Wildman–Crippen LogP) is 3.85. The van der Waals surface area contributed by atoms with Crippen LogP contribution in [0, 0.1) is 0 Å². The molecule has 1 amide bonds. The lowest BCUT2D eigenvalue weighted by Gasteiger charge is -2.19. The number of benzene rings is 1. The molecule has 0 saturated heterocycles. The molecule has 0 unspecified atom stereocenters. The van der Waals surface area contributed by atoms with Gasteiger partial charge in [0.05, 0.1) is 36.3 Å². The first kappa shape index (κ1) is 21.4. The van der Waals surface area contributed by atoms with Crippen LogP contribution in [0.3, 0.4) is 0 Å². The first-order valence-corrected chi connectivity index (χ1v) is 12.1. The number of hydrogen-bond donors (Lipinski definition) is 0. The van der Waals surface area contributed by atoms with Crippen molar-refractivity contribution in [3.05, 3.63) is 76.4 Å². The topological polar surface area (TPSA) is 98.6 Å². The van der Waals surface area contributed by atoms with E-state index in [0.29, 0.717) is 23.9 Å². The van der Waals surface area contributed by atoms with Gasteiger partial charge in [-0.3, -0.25) is 4.79 Å². The lowest BCUT2D eigenvalue weighted by atomic mass is 10.1. The van der Waals surface area contributed by atoms with Gasteiger partial charge in [0.2, 0.25) is 5.16 Å². The van der Waals surface area contributed by atoms with Crippen molar-refractivity contribution in [1.29, 1.82) is 0 Å². The Kier molecular flexibility index (Phi) is 6.22. The Balaban J connectivity index is 1.28. The van der Waals surface area contributed by atoms with Gasteiger partial charge in [0, 0.05) is 6.42 Å². The summed E-state index contributed by atoms with van der Waals surface area (Å²) >= 11 is 2.89. The number of tetrazole rings is 1. The van der Waals surface area contributed by atoms with Crippen molar-refractivity contribution in [3.8, 4) is 5.75 Å². The number of carbonyl (C=O) groups excluding carboxylic acids is 1. The van der Waals surface area contributed by atoms with E-state index >= 15 is 0 Å². The molecule has 4 heterocycles. The van der Waals surface area contributed by atoms with Crippen molar-refractivity contribution >= 4 is 34.7 Å². The molecule has 1 aromatic carbocycles. The number of thioether (sulfide) groups is 1. The second-order valence-corrected chi connectivity index (χ2v) is 9.14. The van der Waals surface area contributed by atoms with Gasteiger partial charge >= 0.3 is 0 Å². The number of carbonyl (C=O) groups is 1. The first-order chi connectivity index (χ1) is 16.2. The normalized spacial score (nSPS) is 15.6. The fraction of sp³-hybridized carbons (Fsp3) is 0.227. The fourth-order valence-electron chi connectivity index (χ4n) is 3.53. The minimum atomic E-state index is -0.263. The van der Waals surface area contributed by atoms with Gasteiger partial charge in [-0.25, -0.2) is 9.69 Å². The summed E-state index contributed by atoms with van der Waals surface area (Å²) in [6, 6.07) is 15.1. The van der Waals surface area contributed by atoms with Crippen LogP contribution >= 0.6 is 23.1 Å². The maximum absolute atomic E-state index is 13.2. The standard InChI is InChI=1S/C22H20N6O3S2/c1-30-16-8-6-15(7-9-16)13-27-22(23-25-26-27)33-14-21(29)28-18(19-4-2-10-31-19)12-17(24-28)20-5-3-11-32-20/h2-11,18H,12-14H2,1H3/t18-/m1/s1. The second kappa shape index (κ2) is 9.59. The molecule has 1 atom stereocenters. The quantitative estimate of drug-likeness (QED) is 0.353. The Bertz CT molecular complexity index is 1240. The van der Waals surface area contributed by atoms with E-state index in [0.717, 1.165) is 21.9 Å². The Morgan fingerprint density at radius 3 is 2.85 bits per heavy atom. The van der Waals surface area contributed by atoms with Crippen molar-refractivity contribution in [1.82, 2.24) is 25.2 Å². The minimum Gasteiger partial charge on any atom is -0.497 e. The first-order valence-electron chi connectivity index (χ1n) is 10.2. The molecule has 168 valence electrons. The number of nitrogens with zero attached hydrogens (tertiary/aromatic N) is 6. The average molecular weight is 481 g/mol. The average Bonchev–Trinajstić information content (AvgIpc) is 3.64. The number of ether oxygens (including phenoxy) is 1. The van der Waals surface area contributed by atoms with Gasteiger partial charge in [-0.15, -0.1) is 16.4 Å². The van der Waals surface area contributed by atoms with Gasteiger partial charge in [0.15, 0.2) is 0 Å². The lowest BCUT2D eigenvalue weighted by Crippen LogP contribution is -2.28. The Morgan fingerprint density at radius 2 is 2.12 bits per heavy atom. The third-order valence-corrected chi connectivity index (χ3v) is 7.02. The van der Waals surface area contributed by atoms with Crippen molar-refractivity contribution in [2.24, 2.45) is 5.10 Å². The second-order valence-electron chi connectivity index (χ2n) is 7.25. The number of amides is 1. The van der Waals surface area contributed by atoms with E-state index < -0.39 is 0 Å². The Labute approximate surface area is 198 Å². The van der Waals surface area contributed by atoms with Crippen LogP contribution < -0.4 is 4.74 Å². The number of hydrazone groups is 1. The number of aromatic nitrogens is 4. The van der Waals surface area contributed by atoms with E-state index in [4.69, 9.17) is 9.15 Å². The van der Waals surface area contributed by atoms with E-state index in [2.05, 4.69) is 20.6 Å². The Morgan fingerprint density at radius 1 is 1.24 bits per heavy atom. The molecule has 4 aromatic rings. The molecule has 0 aliphatic carbocycles. The molecule has 1 aliphatic heterocycles. The van der Waals surface area contributed by atoms with Gasteiger partial charge < -0.3 is 9.15 Å². The highest BCUT2D eigenvalue weighted by Gasteiger charge is 2.35. The number of furan rings is 1. The Hall–Kier alpha value is -3.44. The number of hydrogen-bond acceptors (Lipinski definition) is 9. The summed E-state index contributed by atoms with van der Waals surface area (Å²) in [5, 5.41) is 20.7. The van der Waals surface area contributed by atoms with Crippen molar-refractivity contribution in [3.63, 3.8) is 0 Å². The highest BCUT2D eigenvalue weighted by atomic mass is 32.2. The van der Waals surface area contributed by atoms with Crippen LogP contribution in [0.2, 0.25) is 0 Å². The number of methoxy groups -OCH3 is 1. The highest BCUT2D eigenvalue weighted by Crippen LogP contribution is 2.34. The van der Waals surface area contributed by atoms with Crippen LogP contribution in [-0.2, 0) is 11.3 Å². The van der Waals surface area contributed by atoms with Crippen molar-refractivity contribution < 1.29 is 13.9 Å². The zero-order valence-corrected chi connectivity index (χ0v) is 19.3. The van der Waals surface area contributed by atoms with Crippen molar-refractivity contribution in [2.45, 2.75) is 24.2 Å². The van der Waals surface area contributed by atoms with E-state index in [1.807, 2.05) is 53.9 Å². The van der Waals surface area contributed by atoms with Crippen LogP contribution in [0.4, 0.5) is 0 Å². The van der Waals surface area contributed by atoms with E-state index in [9.17, 15) is 4.79 Å². The van der Waals surface area contributed by atoms with Crippen LogP contribution in [0.5, 0.6) is 5.75 Å². The number of thiophene rings is 1. The molecule has 0 saturated carbocycles. The van der Waals surface area contributed by atoms with Gasteiger partial charge in [0.25, 0.3) is 5.91 Å². The summed E-state index contributed by atoms with van der Waals surface area (Å²) in [6.45, 7) is 0.493. The molecule has 1 aliphatic rings. The molecule has 33 heavy (non-hydrogen) atoms. The highest BCUT2D eigenvalue weighted by molar-refractivity contribution is 7.99. The van der Waals surface area contributed by atoms with Gasteiger partial charge in [-0.1, -0.05) is 30.0 Å². The third-order valence-electron chi connectivity index (χ3n) is 5.16. The zero-order valence-electron chi connectivity index (χ0n) is 17.7. The lowest BCUT2D eigenvalue weighted by molar-refractivity contribution is -0.130. The minimum absolute atomic E-state index is 0.132. The maximum Gasteiger partial charge on any atom is 0.253 e. The summed E-state index contributed by atoms with van der Waals surface area (Å²) in [5.74, 6) is 1.52. The summed E-state index contributed by atoms with van der Waals surface area (Å²) in [4.78, 5) is 14.2. The molecule has 0 bridgehead atoms. The summed E-state index contributed by atoms with van der Waals surface area (Å²) in [5.41, 5.74) is 1.91.